The Kier molecular flexibility index (Phi) is 6.54. The Bertz CT molecular complexity index is 1220. The summed E-state index contributed by atoms with van der Waals surface area (Å²) in [6, 6.07) is 14.9. The van der Waals surface area contributed by atoms with Gasteiger partial charge in [0.2, 0.25) is 0 Å². The van der Waals surface area contributed by atoms with Gasteiger partial charge in [-0.25, -0.2) is 0 Å². The predicted octanol–water partition coefficient (Wildman–Crippen LogP) is 4.85. The van der Waals surface area contributed by atoms with Crippen molar-refractivity contribution < 1.29 is 33.2 Å². The second-order valence-corrected chi connectivity index (χ2v) is 7.84. The molecular weight excluding hydrogens is 436 g/mol. The van der Waals surface area contributed by atoms with E-state index in [1.165, 1.54) is 0 Å². The lowest BCUT2D eigenvalue weighted by Gasteiger charge is -2.23. The predicted molar refractivity (Wildman–Crippen MR) is 128 cm³/mol. The van der Waals surface area contributed by atoms with Crippen LogP contribution in [0.4, 0.5) is 0 Å². The van der Waals surface area contributed by atoms with Gasteiger partial charge < -0.3 is 28.4 Å². The fraction of sp³-hybridized carbons (Fsp3) is 0.296. The van der Waals surface area contributed by atoms with Gasteiger partial charge in [0.1, 0.15) is 0 Å². The molecule has 1 aliphatic carbocycles. The maximum Gasteiger partial charge on any atom is 0.171 e. The number of methoxy groups -OCH3 is 6. The molecule has 0 aliphatic heterocycles. The van der Waals surface area contributed by atoms with E-state index in [1.807, 2.05) is 42.5 Å². The Hall–Kier alpha value is -3.87. The first-order chi connectivity index (χ1) is 16.5. The first-order valence-electron chi connectivity index (χ1n) is 10.7. The Morgan fingerprint density at radius 3 is 1.38 bits per heavy atom. The monoisotopic (exact) mass is 464 g/mol. The maximum atomic E-state index is 13.9. The van der Waals surface area contributed by atoms with E-state index in [1.54, 1.807) is 48.7 Å². The van der Waals surface area contributed by atoms with Gasteiger partial charge in [0.25, 0.3) is 0 Å². The number of carbonyl (C=O) groups is 1. The Labute approximate surface area is 199 Å². The van der Waals surface area contributed by atoms with Gasteiger partial charge in [0.15, 0.2) is 40.3 Å². The van der Waals surface area contributed by atoms with Gasteiger partial charge in [-0.2, -0.15) is 0 Å². The zero-order valence-corrected chi connectivity index (χ0v) is 20.1. The van der Waals surface area contributed by atoms with E-state index < -0.39 is 5.92 Å². The summed E-state index contributed by atoms with van der Waals surface area (Å²) in [5.41, 5.74) is 3.18. The van der Waals surface area contributed by atoms with E-state index in [-0.39, 0.29) is 11.7 Å². The zero-order valence-electron chi connectivity index (χ0n) is 20.1. The molecule has 0 spiro atoms. The maximum absolute atomic E-state index is 13.9. The van der Waals surface area contributed by atoms with Crippen molar-refractivity contribution in [1.82, 2.24) is 0 Å². The third-order valence-corrected chi connectivity index (χ3v) is 6.31. The van der Waals surface area contributed by atoms with E-state index in [0.717, 1.165) is 16.7 Å². The highest BCUT2D eigenvalue weighted by Crippen LogP contribution is 2.52. The van der Waals surface area contributed by atoms with Crippen molar-refractivity contribution in [2.45, 2.75) is 11.8 Å². The smallest absolute Gasteiger partial charge is 0.171 e. The largest absolute Gasteiger partial charge is 0.493 e. The van der Waals surface area contributed by atoms with Gasteiger partial charge >= 0.3 is 0 Å². The van der Waals surface area contributed by atoms with Crippen molar-refractivity contribution in [1.29, 1.82) is 0 Å². The van der Waals surface area contributed by atoms with E-state index in [9.17, 15) is 4.79 Å². The van der Waals surface area contributed by atoms with Crippen molar-refractivity contribution in [2.24, 2.45) is 0 Å². The summed E-state index contributed by atoms with van der Waals surface area (Å²) in [6.07, 6.45) is 0. The first kappa shape index (κ1) is 23.3. The average Bonchev–Trinajstić information content (AvgIpc) is 3.17. The SMILES string of the molecule is COc1ccc(C2C(=O)c3cc(OC)c(OC)cc3C2c2ccc(OC)c(OC)c2)cc1OC. The number of ether oxygens (including phenoxy) is 6. The molecule has 0 fully saturated rings. The second kappa shape index (κ2) is 9.55. The summed E-state index contributed by atoms with van der Waals surface area (Å²) < 4.78 is 32.9. The van der Waals surface area contributed by atoms with Crippen LogP contribution < -0.4 is 28.4 Å². The van der Waals surface area contributed by atoms with Gasteiger partial charge in [-0.05, 0) is 53.1 Å². The summed E-state index contributed by atoms with van der Waals surface area (Å²) >= 11 is 0. The number of hydrogen-bond acceptors (Lipinski definition) is 7. The second-order valence-electron chi connectivity index (χ2n) is 7.84. The number of carbonyl (C=O) groups excluding carboxylic acids is 1. The molecule has 0 amide bonds. The number of Topliss-reactive ketones (excluding diaryl/α,β-unsaturated/α-hetero) is 1. The number of fused-ring (bicyclic) bond motifs is 1. The summed E-state index contributed by atoms with van der Waals surface area (Å²) in [6.45, 7) is 0. The molecule has 7 heteroatoms. The average molecular weight is 465 g/mol. The van der Waals surface area contributed by atoms with Crippen molar-refractivity contribution in [2.75, 3.05) is 42.7 Å². The molecule has 3 aromatic carbocycles. The van der Waals surface area contributed by atoms with Gasteiger partial charge in [0.05, 0.1) is 48.6 Å². The van der Waals surface area contributed by atoms with Crippen molar-refractivity contribution >= 4 is 5.78 Å². The van der Waals surface area contributed by atoms with Crippen LogP contribution in [-0.4, -0.2) is 48.4 Å². The Morgan fingerprint density at radius 1 is 0.500 bits per heavy atom. The van der Waals surface area contributed by atoms with Crippen molar-refractivity contribution in [3.05, 3.63) is 70.8 Å². The van der Waals surface area contributed by atoms with Crippen molar-refractivity contribution in [3.8, 4) is 34.5 Å². The van der Waals surface area contributed by atoms with Crippen LogP contribution in [0.25, 0.3) is 0 Å². The molecule has 0 bridgehead atoms. The lowest BCUT2D eigenvalue weighted by atomic mass is 9.81. The third kappa shape index (κ3) is 3.77. The highest BCUT2D eigenvalue weighted by Gasteiger charge is 2.43. The molecule has 1 aliphatic rings. The topological polar surface area (TPSA) is 72.5 Å². The standard InChI is InChI=1S/C27H28O7/c1-29-19-9-7-15(11-21(19)31-3)25-17-13-23(33-5)24(34-6)14-18(17)27(28)26(25)16-8-10-20(30-2)22(12-16)32-4/h7-14,25-26H,1-6H3. The third-order valence-electron chi connectivity index (χ3n) is 6.31. The Balaban J connectivity index is 1.95. The quantitative estimate of drug-likeness (QED) is 0.472. The summed E-state index contributed by atoms with van der Waals surface area (Å²) in [5, 5.41) is 0. The molecule has 3 aromatic rings. The van der Waals surface area contributed by atoms with Gasteiger partial charge in [-0.1, -0.05) is 12.1 Å². The van der Waals surface area contributed by atoms with Crippen LogP contribution in [0.2, 0.25) is 0 Å². The van der Waals surface area contributed by atoms with E-state index in [0.29, 0.717) is 40.1 Å². The first-order valence-corrected chi connectivity index (χ1v) is 10.7. The summed E-state index contributed by atoms with van der Waals surface area (Å²) in [7, 11) is 9.48. The fourth-order valence-corrected chi connectivity index (χ4v) is 4.67. The normalized spacial score (nSPS) is 16.6. The molecular formula is C27H28O7. The van der Waals surface area contributed by atoms with Crippen LogP contribution in [0, 0.1) is 0 Å². The van der Waals surface area contributed by atoms with Crippen molar-refractivity contribution in [3.63, 3.8) is 0 Å². The van der Waals surface area contributed by atoms with E-state index >= 15 is 0 Å². The van der Waals surface area contributed by atoms with Crippen LogP contribution in [0.5, 0.6) is 34.5 Å². The highest BCUT2D eigenvalue weighted by atomic mass is 16.5. The highest BCUT2D eigenvalue weighted by molar-refractivity contribution is 6.07. The molecule has 34 heavy (non-hydrogen) atoms. The van der Waals surface area contributed by atoms with Crippen LogP contribution in [0.3, 0.4) is 0 Å². The van der Waals surface area contributed by atoms with Crippen LogP contribution in [0.1, 0.15) is 38.9 Å². The molecule has 2 unspecified atom stereocenters. The number of hydrogen-bond donors (Lipinski definition) is 0. The Morgan fingerprint density at radius 2 is 0.912 bits per heavy atom. The molecule has 0 radical (unpaired) electrons. The molecule has 2 atom stereocenters. The lowest BCUT2D eigenvalue weighted by molar-refractivity contribution is 0.0968. The molecule has 0 aromatic heterocycles. The number of ketones is 1. The minimum Gasteiger partial charge on any atom is -0.493 e. The number of rotatable bonds is 8. The van der Waals surface area contributed by atoms with Gasteiger partial charge in [0, 0.05) is 11.5 Å². The lowest BCUT2D eigenvalue weighted by Crippen LogP contribution is -2.13. The van der Waals surface area contributed by atoms with Gasteiger partial charge in [-0.15, -0.1) is 0 Å². The minimum absolute atomic E-state index is 0.0112. The molecule has 0 saturated heterocycles. The van der Waals surface area contributed by atoms with E-state index in [2.05, 4.69) is 0 Å². The molecule has 0 saturated carbocycles. The van der Waals surface area contributed by atoms with Crippen LogP contribution in [-0.2, 0) is 0 Å². The molecule has 0 N–H and O–H groups in total. The zero-order chi connectivity index (χ0) is 24.4. The summed E-state index contributed by atoms with van der Waals surface area (Å²) in [4.78, 5) is 13.9. The fourth-order valence-electron chi connectivity index (χ4n) is 4.67. The van der Waals surface area contributed by atoms with Gasteiger partial charge in [-0.3, -0.25) is 4.79 Å². The molecule has 0 heterocycles. The molecule has 178 valence electrons. The van der Waals surface area contributed by atoms with E-state index in [4.69, 9.17) is 28.4 Å². The number of benzene rings is 3. The summed E-state index contributed by atoms with van der Waals surface area (Å²) in [5.74, 6) is 2.64. The minimum atomic E-state index is -0.496. The molecule has 7 nitrogen and oxygen atoms in total. The van der Waals surface area contributed by atoms with Crippen LogP contribution in [0.15, 0.2) is 48.5 Å². The molecule has 4 rings (SSSR count). The van der Waals surface area contributed by atoms with Crippen LogP contribution >= 0.6 is 0 Å².